The van der Waals surface area contributed by atoms with Gasteiger partial charge in [-0.3, -0.25) is 4.90 Å². The van der Waals surface area contributed by atoms with Gasteiger partial charge in [-0.2, -0.15) is 0 Å². The number of aliphatic hydroxyl groups excluding tert-OH is 1. The fraction of sp³-hybridized carbons (Fsp3) is 1.00. The van der Waals surface area contributed by atoms with Crippen molar-refractivity contribution in [3.8, 4) is 0 Å². The zero-order chi connectivity index (χ0) is 12.9. The molecule has 1 heterocycles. The molecule has 2 atom stereocenters. The summed E-state index contributed by atoms with van der Waals surface area (Å²) in [6, 6.07) is 0.636. The summed E-state index contributed by atoms with van der Waals surface area (Å²) < 4.78 is 0. The second kappa shape index (κ2) is 6.69. The lowest BCUT2D eigenvalue weighted by Gasteiger charge is -2.33. The van der Waals surface area contributed by atoms with Crippen LogP contribution in [0.2, 0.25) is 0 Å². The monoisotopic (exact) mass is 243 g/mol. The van der Waals surface area contributed by atoms with Gasteiger partial charge in [0.05, 0.1) is 6.61 Å². The second-order valence-corrected chi connectivity index (χ2v) is 5.78. The molecular weight excluding hydrogens is 214 g/mol. The molecule has 0 bridgehead atoms. The molecule has 4 nitrogen and oxygen atoms in total. The summed E-state index contributed by atoms with van der Waals surface area (Å²) in [5.41, 5.74) is 5.57. The van der Waals surface area contributed by atoms with E-state index in [1.165, 1.54) is 19.4 Å². The molecule has 1 aliphatic heterocycles. The van der Waals surface area contributed by atoms with Crippen LogP contribution in [0.25, 0.3) is 0 Å². The van der Waals surface area contributed by atoms with Crippen molar-refractivity contribution in [2.75, 3.05) is 39.8 Å². The Morgan fingerprint density at radius 2 is 2.12 bits per heavy atom. The molecule has 1 fully saturated rings. The molecule has 0 saturated carbocycles. The van der Waals surface area contributed by atoms with Crippen molar-refractivity contribution in [3.63, 3.8) is 0 Å². The molecule has 0 radical (unpaired) electrons. The van der Waals surface area contributed by atoms with E-state index in [1.807, 2.05) is 6.92 Å². The fourth-order valence-corrected chi connectivity index (χ4v) is 2.45. The Balaban J connectivity index is 2.49. The van der Waals surface area contributed by atoms with E-state index in [1.54, 1.807) is 0 Å². The summed E-state index contributed by atoms with van der Waals surface area (Å²) >= 11 is 0. The molecule has 1 saturated heterocycles. The lowest BCUT2D eigenvalue weighted by atomic mass is 9.99. The molecule has 0 aromatic carbocycles. The molecule has 1 aliphatic rings. The lowest BCUT2D eigenvalue weighted by Crippen LogP contribution is -2.46. The lowest BCUT2D eigenvalue weighted by molar-refractivity contribution is 0.144. The van der Waals surface area contributed by atoms with E-state index in [2.05, 4.69) is 23.8 Å². The largest absolute Gasteiger partial charge is 0.394 e. The molecule has 3 N–H and O–H groups in total. The van der Waals surface area contributed by atoms with E-state index in [0.717, 1.165) is 26.1 Å². The van der Waals surface area contributed by atoms with Gasteiger partial charge in [0, 0.05) is 24.7 Å². The molecule has 0 spiro atoms. The highest BCUT2D eigenvalue weighted by atomic mass is 16.3. The van der Waals surface area contributed by atoms with Crippen LogP contribution in [0, 0.1) is 0 Å². The van der Waals surface area contributed by atoms with Gasteiger partial charge < -0.3 is 15.7 Å². The second-order valence-electron chi connectivity index (χ2n) is 5.78. The highest BCUT2D eigenvalue weighted by molar-refractivity contribution is 4.83. The Bertz CT molecular complexity index is 221. The van der Waals surface area contributed by atoms with E-state index >= 15 is 0 Å². The predicted molar refractivity (Wildman–Crippen MR) is 72.1 cm³/mol. The van der Waals surface area contributed by atoms with Gasteiger partial charge in [0.1, 0.15) is 0 Å². The topological polar surface area (TPSA) is 52.7 Å². The smallest absolute Gasteiger partial charge is 0.0608 e. The number of hydrogen-bond acceptors (Lipinski definition) is 4. The standard InChI is InChI=1S/C13H29N3O/c1-4-12-10-15(3)7-5-8-16(12)9-6-13(2,14)11-17/h12,17H,4-11,14H2,1-3H3. The van der Waals surface area contributed by atoms with Gasteiger partial charge >= 0.3 is 0 Å². The van der Waals surface area contributed by atoms with Crippen molar-refractivity contribution in [2.45, 2.75) is 44.7 Å². The number of likely N-dealkylation sites (N-methyl/N-ethyl adjacent to an activating group) is 1. The highest BCUT2D eigenvalue weighted by Crippen LogP contribution is 2.14. The number of nitrogens with zero attached hydrogens (tertiary/aromatic N) is 2. The Hall–Kier alpha value is -0.160. The van der Waals surface area contributed by atoms with Crippen LogP contribution in [0.5, 0.6) is 0 Å². The van der Waals surface area contributed by atoms with Gasteiger partial charge in [-0.25, -0.2) is 0 Å². The van der Waals surface area contributed by atoms with Gasteiger partial charge in [0.2, 0.25) is 0 Å². The molecule has 102 valence electrons. The maximum Gasteiger partial charge on any atom is 0.0608 e. The Kier molecular flexibility index (Phi) is 5.86. The van der Waals surface area contributed by atoms with Gasteiger partial charge in [-0.1, -0.05) is 6.92 Å². The number of rotatable bonds is 5. The fourth-order valence-electron chi connectivity index (χ4n) is 2.45. The Morgan fingerprint density at radius 3 is 2.71 bits per heavy atom. The first-order valence-electron chi connectivity index (χ1n) is 6.81. The minimum absolute atomic E-state index is 0.0670. The normalized spacial score (nSPS) is 27.7. The molecular formula is C13H29N3O. The van der Waals surface area contributed by atoms with Crippen LogP contribution in [0.3, 0.4) is 0 Å². The van der Waals surface area contributed by atoms with E-state index in [4.69, 9.17) is 5.73 Å². The maximum absolute atomic E-state index is 9.19. The molecule has 1 rings (SSSR count). The zero-order valence-electron chi connectivity index (χ0n) is 11.7. The Labute approximate surface area is 106 Å². The highest BCUT2D eigenvalue weighted by Gasteiger charge is 2.24. The van der Waals surface area contributed by atoms with Gasteiger partial charge in [-0.15, -0.1) is 0 Å². The van der Waals surface area contributed by atoms with Gasteiger partial charge in [-0.05, 0) is 46.3 Å². The van der Waals surface area contributed by atoms with Crippen LogP contribution in [-0.2, 0) is 0 Å². The van der Waals surface area contributed by atoms with E-state index in [-0.39, 0.29) is 6.61 Å². The molecule has 2 unspecified atom stereocenters. The van der Waals surface area contributed by atoms with E-state index in [0.29, 0.717) is 6.04 Å². The quantitative estimate of drug-likeness (QED) is 0.738. The van der Waals surface area contributed by atoms with E-state index in [9.17, 15) is 5.11 Å². The van der Waals surface area contributed by atoms with Crippen LogP contribution in [0.1, 0.15) is 33.1 Å². The van der Waals surface area contributed by atoms with Crippen molar-refractivity contribution >= 4 is 0 Å². The van der Waals surface area contributed by atoms with Gasteiger partial charge in [0.15, 0.2) is 0 Å². The molecule has 0 aliphatic carbocycles. The van der Waals surface area contributed by atoms with Crippen molar-refractivity contribution in [2.24, 2.45) is 5.73 Å². The van der Waals surface area contributed by atoms with Crippen molar-refractivity contribution < 1.29 is 5.11 Å². The summed E-state index contributed by atoms with van der Waals surface area (Å²) in [5.74, 6) is 0. The minimum Gasteiger partial charge on any atom is -0.394 e. The van der Waals surface area contributed by atoms with Crippen molar-refractivity contribution in [1.29, 1.82) is 0 Å². The van der Waals surface area contributed by atoms with Crippen LogP contribution in [-0.4, -0.2) is 66.3 Å². The number of aliphatic hydroxyl groups is 1. The molecule has 17 heavy (non-hydrogen) atoms. The van der Waals surface area contributed by atoms with Crippen LogP contribution in [0.4, 0.5) is 0 Å². The first-order valence-corrected chi connectivity index (χ1v) is 6.81. The summed E-state index contributed by atoms with van der Waals surface area (Å²) in [6.45, 7) is 8.74. The third kappa shape index (κ3) is 4.92. The van der Waals surface area contributed by atoms with Crippen LogP contribution < -0.4 is 5.73 Å². The molecule has 0 aromatic rings. The first-order chi connectivity index (χ1) is 7.98. The minimum atomic E-state index is -0.434. The number of nitrogens with two attached hydrogens (primary N) is 1. The molecule has 4 heteroatoms. The molecule has 0 amide bonds. The first kappa shape index (κ1) is 14.9. The van der Waals surface area contributed by atoms with Crippen LogP contribution >= 0.6 is 0 Å². The SMILES string of the molecule is CCC1CN(C)CCCN1CCC(C)(N)CO. The Morgan fingerprint density at radius 1 is 1.41 bits per heavy atom. The maximum atomic E-state index is 9.19. The summed E-state index contributed by atoms with van der Waals surface area (Å²) in [6.07, 6.45) is 3.28. The summed E-state index contributed by atoms with van der Waals surface area (Å²) in [7, 11) is 2.20. The summed E-state index contributed by atoms with van der Waals surface area (Å²) in [5, 5.41) is 9.19. The third-order valence-electron chi connectivity index (χ3n) is 3.83. The van der Waals surface area contributed by atoms with Crippen LogP contribution in [0.15, 0.2) is 0 Å². The van der Waals surface area contributed by atoms with Crippen molar-refractivity contribution in [3.05, 3.63) is 0 Å². The third-order valence-corrected chi connectivity index (χ3v) is 3.83. The number of hydrogen-bond donors (Lipinski definition) is 2. The predicted octanol–water partition coefficient (Wildman–Crippen LogP) is 0.502. The average molecular weight is 243 g/mol. The zero-order valence-corrected chi connectivity index (χ0v) is 11.7. The van der Waals surface area contributed by atoms with E-state index < -0.39 is 5.54 Å². The van der Waals surface area contributed by atoms with Gasteiger partial charge in [0.25, 0.3) is 0 Å². The molecule has 0 aromatic heterocycles. The summed E-state index contributed by atoms with van der Waals surface area (Å²) in [4.78, 5) is 4.96. The van der Waals surface area contributed by atoms with Crippen molar-refractivity contribution in [1.82, 2.24) is 9.80 Å². The average Bonchev–Trinajstić information content (AvgIpc) is 2.48.